The van der Waals surface area contributed by atoms with E-state index in [4.69, 9.17) is 0 Å². The summed E-state index contributed by atoms with van der Waals surface area (Å²) in [6.07, 6.45) is 0.332. The fraction of sp³-hybridized carbons (Fsp3) is 0.158. The number of aryl methyl sites for hydroxylation is 1. The molecule has 0 aliphatic carbocycles. The van der Waals surface area contributed by atoms with Crippen molar-refractivity contribution < 1.29 is 19.4 Å². The number of hydrogen-bond donors (Lipinski definition) is 3. The monoisotopic (exact) mass is 390 g/mol. The van der Waals surface area contributed by atoms with E-state index in [-0.39, 0.29) is 6.99 Å². The first-order chi connectivity index (χ1) is 13.3. The number of benzene rings is 1. The van der Waals surface area contributed by atoms with Crippen molar-refractivity contribution in [1.82, 2.24) is 14.4 Å². The molecule has 0 saturated heterocycles. The Labute approximate surface area is 157 Å². The van der Waals surface area contributed by atoms with Crippen molar-refractivity contribution >= 4 is 28.1 Å². The highest BCUT2D eigenvalue weighted by atomic mass is 19.4. The molecule has 3 heterocycles. The van der Waals surface area contributed by atoms with Crippen molar-refractivity contribution in [3.05, 3.63) is 69.9 Å². The largest absolute Gasteiger partial charge is 0.418 e. The van der Waals surface area contributed by atoms with E-state index in [0.717, 1.165) is 11.6 Å². The minimum Gasteiger partial charge on any atom is -0.361 e. The highest BCUT2D eigenvalue weighted by molar-refractivity contribution is 6.05. The number of H-pyrrole nitrogens is 2. The van der Waals surface area contributed by atoms with E-state index in [2.05, 4.69) is 15.3 Å². The van der Waals surface area contributed by atoms with Crippen LogP contribution in [-0.4, -0.2) is 20.3 Å². The standard InChI is InChI=1S/C19H15F3N4O2.H2/c1-2-10-5-16-24-8-12(18(28)26(16)9-10)17(27)25-15-7-14-11(3-4-23-14)6-13(15)19(20,21)22;/h3-9,23-24H,2H2,1H3,(H,25,27);1H. The fourth-order valence-electron chi connectivity index (χ4n) is 3.12. The third-order valence-electron chi connectivity index (χ3n) is 4.59. The van der Waals surface area contributed by atoms with Gasteiger partial charge in [-0.1, -0.05) is 6.92 Å². The molecular weight excluding hydrogens is 373 g/mol. The van der Waals surface area contributed by atoms with Crippen LogP contribution in [0.2, 0.25) is 0 Å². The van der Waals surface area contributed by atoms with Crippen LogP contribution in [0.4, 0.5) is 18.9 Å². The van der Waals surface area contributed by atoms with Crippen LogP contribution in [0.15, 0.2) is 47.7 Å². The molecule has 146 valence electrons. The number of alkyl halides is 3. The Kier molecular flexibility index (Phi) is 4.02. The van der Waals surface area contributed by atoms with Gasteiger partial charge in [0.25, 0.3) is 11.5 Å². The molecule has 4 rings (SSSR count). The van der Waals surface area contributed by atoms with E-state index in [9.17, 15) is 22.8 Å². The quantitative estimate of drug-likeness (QED) is 0.490. The van der Waals surface area contributed by atoms with Crippen LogP contribution >= 0.6 is 0 Å². The molecule has 28 heavy (non-hydrogen) atoms. The smallest absolute Gasteiger partial charge is 0.361 e. The topological polar surface area (TPSA) is 82.2 Å². The molecule has 1 aromatic carbocycles. The maximum Gasteiger partial charge on any atom is 0.418 e. The van der Waals surface area contributed by atoms with Gasteiger partial charge < -0.3 is 15.3 Å². The SMILES string of the molecule is CCc1cc2[nH]cc(C(=O)Nc3cc4[nH]ccc4cc3C(F)(F)F)c(=O)n2c1.[HH]. The van der Waals surface area contributed by atoms with Gasteiger partial charge >= 0.3 is 6.18 Å². The summed E-state index contributed by atoms with van der Waals surface area (Å²) in [6, 6.07) is 5.43. The van der Waals surface area contributed by atoms with E-state index in [1.165, 1.54) is 28.9 Å². The Morgan fingerprint density at radius 2 is 2.04 bits per heavy atom. The molecule has 3 N–H and O–H groups in total. The lowest BCUT2D eigenvalue weighted by atomic mass is 10.1. The lowest BCUT2D eigenvalue weighted by molar-refractivity contribution is -0.136. The zero-order chi connectivity index (χ0) is 20.1. The lowest BCUT2D eigenvalue weighted by Gasteiger charge is -2.14. The van der Waals surface area contributed by atoms with Crippen LogP contribution in [0.1, 0.15) is 29.8 Å². The molecule has 0 radical (unpaired) electrons. The minimum atomic E-state index is -4.67. The van der Waals surface area contributed by atoms with Crippen molar-refractivity contribution in [2.75, 3.05) is 5.32 Å². The zero-order valence-electron chi connectivity index (χ0n) is 14.6. The Morgan fingerprint density at radius 1 is 1.25 bits per heavy atom. The molecule has 0 aliphatic rings. The van der Waals surface area contributed by atoms with E-state index in [1.807, 2.05) is 6.92 Å². The normalized spacial score (nSPS) is 12.0. The molecule has 0 aliphatic heterocycles. The number of halogens is 3. The predicted molar refractivity (Wildman–Crippen MR) is 101 cm³/mol. The first kappa shape index (κ1) is 17.9. The molecule has 9 heteroatoms. The fourth-order valence-corrected chi connectivity index (χ4v) is 3.12. The number of hydrogen-bond acceptors (Lipinski definition) is 2. The van der Waals surface area contributed by atoms with E-state index < -0.39 is 28.9 Å². The third-order valence-corrected chi connectivity index (χ3v) is 4.59. The van der Waals surface area contributed by atoms with Gasteiger partial charge in [0.05, 0.1) is 11.3 Å². The highest BCUT2D eigenvalue weighted by Gasteiger charge is 2.34. The maximum atomic E-state index is 13.4. The Morgan fingerprint density at radius 3 is 2.75 bits per heavy atom. The number of rotatable bonds is 3. The summed E-state index contributed by atoms with van der Waals surface area (Å²) in [4.78, 5) is 30.8. The number of nitrogens with one attached hydrogen (secondary N) is 3. The number of fused-ring (bicyclic) bond motifs is 2. The summed E-state index contributed by atoms with van der Waals surface area (Å²) < 4.78 is 41.6. The lowest BCUT2D eigenvalue weighted by Crippen LogP contribution is -2.26. The predicted octanol–water partition coefficient (Wildman–Crippen LogP) is 4.19. The van der Waals surface area contributed by atoms with Gasteiger partial charge in [0, 0.05) is 30.9 Å². The Bertz CT molecular complexity index is 1270. The molecular formula is C19H17F3N4O2. The van der Waals surface area contributed by atoms with Gasteiger partial charge in [-0.25, -0.2) is 0 Å². The van der Waals surface area contributed by atoms with Gasteiger partial charge in [0.2, 0.25) is 0 Å². The van der Waals surface area contributed by atoms with E-state index >= 15 is 0 Å². The van der Waals surface area contributed by atoms with Crippen molar-refractivity contribution in [1.29, 1.82) is 0 Å². The average Bonchev–Trinajstić information content (AvgIpc) is 3.26. The first-order valence-corrected chi connectivity index (χ1v) is 8.50. The molecule has 0 spiro atoms. The second-order valence-corrected chi connectivity index (χ2v) is 6.38. The van der Waals surface area contributed by atoms with Crippen LogP contribution in [0, 0.1) is 0 Å². The van der Waals surface area contributed by atoms with Crippen LogP contribution < -0.4 is 10.9 Å². The summed E-state index contributed by atoms with van der Waals surface area (Å²) >= 11 is 0. The van der Waals surface area contributed by atoms with Crippen LogP contribution in [0.3, 0.4) is 0 Å². The third kappa shape index (κ3) is 2.94. The van der Waals surface area contributed by atoms with E-state index in [0.29, 0.717) is 23.0 Å². The summed E-state index contributed by atoms with van der Waals surface area (Å²) in [6.45, 7) is 1.92. The number of nitrogens with zero attached hydrogens (tertiary/aromatic N) is 1. The molecule has 1 amide bonds. The van der Waals surface area contributed by atoms with Gasteiger partial charge in [-0.15, -0.1) is 0 Å². The summed E-state index contributed by atoms with van der Waals surface area (Å²) in [7, 11) is 0. The zero-order valence-corrected chi connectivity index (χ0v) is 14.6. The molecule has 6 nitrogen and oxygen atoms in total. The van der Waals surface area contributed by atoms with Crippen molar-refractivity contribution in [3.8, 4) is 0 Å². The molecule has 0 fully saturated rings. The summed E-state index contributed by atoms with van der Waals surface area (Å²) in [5.74, 6) is -0.925. The summed E-state index contributed by atoms with van der Waals surface area (Å²) in [5.41, 5.74) is -0.477. The number of anilines is 1. The average molecular weight is 390 g/mol. The van der Waals surface area contributed by atoms with Gasteiger partial charge in [-0.3, -0.25) is 14.0 Å². The first-order valence-electron chi connectivity index (χ1n) is 8.50. The van der Waals surface area contributed by atoms with Crippen molar-refractivity contribution in [3.63, 3.8) is 0 Å². The van der Waals surface area contributed by atoms with Crippen LogP contribution in [-0.2, 0) is 12.6 Å². The molecule has 0 bridgehead atoms. The Hall–Kier alpha value is -3.49. The van der Waals surface area contributed by atoms with Crippen molar-refractivity contribution in [2.24, 2.45) is 0 Å². The maximum absolute atomic E-state index is 13.4. The molecule has 0 saturated carbocycles. The number of amides is 1. The number of carbonyl (C=O) groups excluding carboxylic acids is 1. The van der Waals surface area contributed by atoms with Crippen LogP contribution in [0.5, 0.6) is 0 Å². The summed E-state index contributed by atoms with van der Waals surface area (Å²) in [5, 5.41) is 2.59. The van der Waals surface area contributed by atoms with Crippen molar-refractivity contribution in [2.45, 2.75) is 19.5 Å². The van der Waals surface area contributed by atoms with Gasteiger partial charge in [0.15, 0.2) is 0 Å². The number of aromatic nitrogens is 3. The van der Waals surface area contributed by atoms with Gasteiger partial charge in [0.1, 0.15) is 11.2 Å². The second kappa shape index (κ2) is 6.29. The van der Waals surface area contributed by atoms with Crippen LogP contribution in [0.25, 0.3) is 16.6 Å². The molecule has 3 aromatic heterocycles. The second-order valence-electron chi connectivity index (χ2n) is 6.38. The number of aromatic amines is 2. The minimum absolute atomic E-state index is 0. The number of carbonyl (C=O) groups is 1. The molecule has 0 atom stereocenters. The van der Waals surface area contributed by atoms with Gasteiger partial charge in [-0.05, 0) is 36.2 Å². The van der Waals surface area contributed by atoms with Gasteiger partial charge in [-0.2, -0.15) is 13.2 Å². The highest BCUT2D eigenvalue weighted by Crippen LogP contribution is 2.37. The Balaban J connectivity index is 0.00000240. The van der Waals surface area contributed by atoms with E-state index in [1.54, 1.807) is 12.3 Å². The molecule has 0 unspecified atom stereocenters. The molecule has 4 aromatic rings.